The van der Waals surface area contributed by atoms with Crippen LogP contribution in [0, 0.1) is 11.3 Å². The van der Waals surface area contributed by atoms with Gasteiger partial charge in [0.1, 0.15) is 12.6 Å². The van der Waals surface area contributed by atoms with Crippen molar-refractivity contribution in [3.05, 3.63) is 18.2 Å². The number of halogens is 2. The lowest BCUT2D eigenvalue weighted by atomic mass is 9.94. The van der Waals surface area contributed by atoms with Crippen LogP contribution in [0.2, 0.25) is 0 Å². The van der Waals surface area contributed by atoms with E-state index in [1.54, 1.807) is 6.07 Å². The summed E-state index contributed by atoms with van der Waals surface area (Å²) in [6, 6.07) is 3.82. The van der Waals surface area contributed by atoms with Gasteiger partial charge in [-0.3, -0.25) is 14.5 Å². The van der Waals surface area contributed by atoms with Crippen molar-refractivity contribution in [1.29, 1.82) is 0 Å². The Morgan fingerprint density at radius 2 is 2.09 bits per heavy atom. The Balaban J connectivity index is 1.79. The van der Waals surface area contributed by atoms with Crippen molar-refractivity contribution in [3.63, 3.8) is 0 Å². The second-order valence-electron chi connectivity index (χ2n) is 9.83. The number of nitrogens with zero attached hydrogens (tertiary/aromatic N) is 2. The summed E-state index contributed by atoms with van der Waals surface area (Å²) in [5, 5.41) is 2.79. The van der Waals surface area contributed by atoms with Crippen molar-refractivity contribution in [3.8, 4) is 5.75 Å². The van der Waals surface area contributed by atoms with E-state index in [9.17, 15) is 18.4 Å². The van der Waals surface area contributed by atoms with Crippen LogP contribution in [0.3, 0.4) is 0 Å². The zero-order valence-corrected chi connectivity index (χ0v) is 19.5. The maximum absolute atomic E-state index is 13.1. The molecule has 0 aromatic heterocycles. The van der Waals surface area contributed by atoms with Crippen molar-refractivity contribution in [2.24, 2.45) is 17.1 Å². The molecule has 8 nitrogen and oxygen atoms in total. The molecule has 184 valence electrons. The van der Waals surface area contributed by atoms with Crippen molar-refractivity contribution >= 4 is 23.2 Å². The quantitative estimate of drug-likeness (QED) is 0.548. The minimum Gasteiger partial charge on any atom is -0.433 e. The Kier molecular flexibility index (Phi) is 8.25. The number of hydrogen-bond acceptors (Lipinski definition) is 6. The molecule has 1 aromatic carbocycles. The molecule has 1 aliphatic heterocycles. The number of alkyl halides is 2. The monoisotopic (exact) mass is 468 g/mol. The predicted octanol–water partition coefficient (Wildman–Crippen LogP) is 2.68. The lowest BCUT2D eigenvalue weighted by molar-refractivity contribution is -0.126. The van der Waals surface area contributed by atoms with Gasteiger partial charge >= 0.3 is 6.61 Å². The highest BCUT2D eigenvalue weighted by Crippen LogP contribution is 2.34. The number of carbonyl (C=O) groups is 2. The number of ether oxygens (including phenoxy) is 2. The molecule has 2 fully saturated rings. The summed E-state index contributed by atoms with van der Waals surface area (Å²) in [4.78, 5) is 28.8. The summed E-state index contributed by atoms with van der Waals surface area (Å²) in [6.45, 7) is 5.27. The van der Waals surface area contributed by atoms with Gasteiger partial charge in [0.25, 0.3) is 5.91 Å². The molecule has 0 spiro atoms. The molecule has 2 aliphatic rings. The molecule has 1 atom stereocenters. The molecule has 33 heavy (non-hydrogen) atoms. The summed E-state index contributed by atoms with van der Waals surface area (Å²) >= 11 is 0. The SMILES string of the molecule is CC(C)(C)CN(CC1CC1)[C@H](CN)C(=O)Nc1ccc(N2CCOCC2=O)c(OC(F)F)c1. The summed E-state index contributed by atoms with van der Waals surface area (Å²) < 4.78 is 35.9. The summed E-state index contributed by atoms with van der Waals surface area (Å²) in [5.41, 5.74) is 6.47. The second kappa shape index (κ2) is 10.8. The van der Waals surface area contributed by atoms with E-state index in [1.807, 2.05) is 0 Å². The number of morpholine rings is 1. The van der Waals surface area contributed by atoms with Gasteiger partial charge < -0.3 is 25.4 Å². The third-order valence-corrected chi connectivity index (χ3v) is 5.55. The first kappa shape index (κ1) is 25.3. The fraction of sp³-hybridized carbons (Fsp3) is 0.652. The average molecular weight is 469 g/mol. The van der Waals surface area contributed by atoms with Crippen LogP contribution >= 0.6 is 0 Å². The molecule has 3 N–H and O–H groups in total. The first-order valence-electron chi connectivity index (χ1n) is 11.3. The molecule has 0 bridgehead atoms. The zero-order valence-electron chi connectivity index (χ0n) is 19.5. The van der Waals surface area contributed by atoms with Crippen LogP contribution < -0.4 is 20.7 Å². The van der Waals surface area contributed by atoms with E-state index in [-0.39, 0.29) is 48.4 Å². The van der Waals surface area contributed by atoms with Gasteiger partial charge in [-0.1, -0.05) is 20.8 Å². The number of carbonyl (C=O) groups excluding carboxylic acids is 2. The maximum atomic E-state index is 13.1. The highest BCUT2D eigenvalue weighted by Gasteiger charge is 2.33. The maximum Gasteiger partial charge on any atom is 0.387 e. The fourth-order valence-corrected chi connectivity index (χ4v) is 3.97. The number of amides is 2. The summed E-state index contributed by atoms with van der Waals surface area (Å²) in [6.07, 6.45) is 2.30. The number of benzene rings is 1. The van der Waals surface area contributed by atoms with Gasteiger partial charge in [0.2, 0.25) is 5.91 Å². The largest absolute Gasteiger partial charge is 0.433 e. The highest BCUT2D eigenvalue weighted by atomic mass is 19.3. The Morgan fingerprint density at radius 3 is 2.67 bits per heavy atom. The molecule has 0 radical (unpaired) electrons. The Hall–Kier alpha value is -2.30. The molecule has 0 unspecified atom stereocenters. The molecule has 1 saturated carbocycles. The van der Waals surface area contributed by atoms with Gasteiger partial charge in [0, 0.05) is 37.9 Å². The average Bonchev–Trinajstić information content (AvgIpc) is 3.52. The van der Waals surface area contributed by atoms with E-state index < -0.39 is 12.7 Å². The third kappa shape index (κ3) is 7.35. The van der Waals surface area contributed by atoms with Crippen molar-refractivity contribution < 1.29 is 27.8 Å². The molecule has 3 rings (SSSR count). The molecule has 1 aliphatic carbocycles. The normalized spacial score (nSPS) is 18.1. The lowest BCUT2D eigenvalue weighted by Crippen LogP contribution is -2.51. The Morgan fingerprint density at radius 1 is 1.36 bits per heavy atom. The Bertz CT molecular complexity index is 842. The minimum atomic E-state index is -3.08. The predicted molar refractivity (Wildman–Crippen MR) is 121 cm³/mol. The lowest BCUT2D eigenvalue weighted by Gasteiger charge is -2.35. The summed E-state index contributed by atoms with van der Waals surface area (Å²) in [7, 11) is 0. The van der Waals surface area contributed by atoms with Crippen LogP contribution in [0.4, 0.5) is 20.2 Å². The van der Waals surface area contributed by atoms with Crippen molar-refractivity contribution in [2.45, 2.75) is 46.3 Å². The van der Waals surface area contributed by atoms with Gasteiger partial charge in [0.05, 0.1) is 12.3 Å². The van der Waals surface area contributed by atoms with Gasteiger partial charge in [-0.05, 0) is 36.3 Å². The zero-order chi connectivity index (χ0) is 24.2. The Labute approximate surface area is 193 Å². The third-order valence-electron chi connectivity index (χ3n) is 5.55. The number of nitrogens with one attached hydrogen (secondary N) is 1. The molecule has 1 saturated heterocycles. The highest BCUT2D eigenvalue weighted by molar-refractivity contribution is 5.98. The number of nitrogens with two attached hydrogens (primary N) is 1. The first-order valence-corrected chi connectivity index (χ1v) is 11.3. The van der Waals surface area contributed by atoms with Crippen molar-refractivity contribution in [2.75, 3.05) is 49.6 Å². The molecule has 1 aromatic rings. The number of hydrogen-bond donors (Lipinski definition) is 2. The molecule has 2 amide bonds. The first-order chi connectivity index (χ1) is 15.6. The molecular formula is C23H34F2N4O4. The van der Waals surface area contributed by atoms with E-state index in [4.69, 9.17) is 10.5 Å². The van der Waals surface area contributed by atoms with Crippen LogP contribution in [0.25, 0.3) is 0 Å². The van der Waals surface area contributed by atoms with Crippen LogP contribution in [-0.2, 0) is 14.3 Å². The standard InChI is InChI=1S/C23H34F2N4O4/c1-23(2,3)14-28(12-15-4-5-15)18(11-26)21(31)27-16-6-7-17(19(10-16)33-22(24)25)29-8-9-32-13-20(29)30/h6-7,10,15,18,22H,4-5,8-9,11-14,26H2,1-3H3,(H,27,31)/t18-/m1/s1. The molecule has 1 heterocycles. The topological polar surface area (TPSA) is 97.1 Å². The smallest absolute Gasteiger partial charge is 0.387 e. The van der Waals surface area contributed by atoms with Gasteiger partial charge in [-0.15, -0.1) is 0 Å². The van der Waals surface area contributed by atoms with Gasteiger partial charge in [-0.25, -0.2) is 0 Å². The fourth-order valence-electron chi connectivity index (χ4n) is 3.97. The van der Waals surface area contributed by atoms with E-state index in [2.05, 4.69) is 35.7 Å². The van der Waals surface area contributed by atoms with Crippen LogP contribution in [-0.4, -0.2) is 68.8 Å². The summed E-state index contributed by atoms with van der Waals surface area (Å²) in [5.74, 6) is -0.267. The van der Waals surface area contributed by atoms with E-state index >= 15 is 0 Å². The number of rotatable bonds is 10. The van der Waals surface area contributed by atoms with E-state index in [0.717, 1.165) is 19.4 Å². The second-order valence-corrected chi connectivity index (χ2v) is 9.83. The van der Waals surface area contributed by atoms with Crippen molar-refractivity contribution in [1.82, 2.24) is 4.90 Å². The van der Waals surface area contributed by atoms with Gasteiger partial charge in [-0.2, -0.15) is 8.78 Å². The van der Waals surface area contributed by atoms with Gasteiger partial charge in [0.15, 0.2) is 5.75 Å². The number of anilines is 2. The van der Waals surface area contributed by atoms with Crippen LogP contribution in [0.1, 0.15) is 33.6 Å². The van der Waals surface area contributed by atoms with Crippen LogP contribution in [0.15, 0.2) is 18.2 Å². The van der Waals surface area contributed by atoms with Crippen LogP contribution in [0.5, 0.6) is 5.75 Å². The molecular weight excluding hydrogens is 434 g/mol. The minimum absolute atomic E-state index is 0.0206. The van der Waals surface area contributed by atoms with E-state index in [0.29, 0.717) is 24.8 Å². The van der Waals surface area contributed by atoms with E-state index in [1.165, 1.54) is 17.0 Å². The molecule has 10 heteroatoms.